The minimum atomic E-state index is -1.55. The molecule has 0 saturated heterocycles. The second kappa shape index (κ2) is 5.70. The molecule has 0 unspecified atom stereocenters. The van der Waals surface area contributed by atoms with Gasteiger partial charge in [-0.15, -0.1) is 5.54 Å². The van der Waals surface area contributed by atoms with Crippen LogP contribution in [0.1, 0.15) is 0 Å². The lowest BCUT2D eigenvalue weighted by molar-refractivity contribution is 1.55. The molecule has 2 aromatic carbocycles. The van der Waals surface area contributed by atoms with Crippen LogP contribution >= 0.6 is 0 Å². The fraction of sp³-hybridized carbons (Fsp3) is 0. The average molecular weight is 233 g/mol. The third-order valence-corrected chi connectivity index (χ3v) is 5.07. The molecule has 2 aromatic rings. The summed E-state index contributed by atoms with van der Waals surface area (Å²) in [6.07, 6.45) is 0. The molecule has 0 saturated carbocycles. The van der Waals surface area contributed by atoms with Crippen LogP contribution in [0.15, 0.2) is 60.7 Å². The van der Waals surface area contributed by atoms with Gasteiger partial charge in [0.15, 0.2) is 14.9 Å². The van der Waals surface area contributed by atoms with E-state index in [1.807, 2.05) is 42.5 Å². The van der Waals surface area contributed by atoms with Crippen molar-refractivity contribution in [2.75, 3.05) is 0 Å². The maximum atomic E-state index is 8.61. The molecule has 0 N–H and O–H groups in total. The summed E-state index contributed by atoms with van der Waals surface area (Å²) in [7, 11) is -1.55. The van der Waals surface area contributed by atoms with Crippen molar-refractivity contribution in [3.63, 3.8) is 0 Å². The highest BCUT2D eigenvalue weighted by Crippen LogP contribution is 1.91. The predicted octanol–water partition coefficient (Wildman–Crippen LogP) is 1.09. The van der Waals surface area contributed by atoms with E-state index in [0.29, 0.717) is 0 Å². The fourth-order valence-corrected chi connectivity index (χ4v) is 3.90. The van der Waals surface area contributed by atoms with Crippen molar-refractivity contribution in [1.29, 1.82) is 5.26 Å². The molecule has 17 heavy (non-hydrogen) atoms. The maximum absolute atomic E-state index is 8.61. The van der Waals surface area contributed by atoms with Crippen molar-refractivity contribution in [3.05, 3.63) is 60.7 Å². The Kier molecular flexibility index (Phi) is 3.75. The van der Waals surface area contributed by atoms with E-state index in [1.54, 1.807) is 0 Å². The van der Waals surface area contributed by atoms with Gasteiger partial charge in [-0.2, -0.15) is 5.26 Å². The number of benzene rings is 2. The zero-order valence-electron chi connectivity index (χ0n) is 9.30. The van der Waals surface area contributed by atoms with E-state index in [9.17, 15) is 0 Å². The van der Waals surface area contributed by atoms with E-state index in [-0.39, 0.29) is 0 Å². The molecule has 0 aliphatic heterocycles. The summed E-state index contributed by atoms with van der Waals surface area (Å²) >= 11 is 0. The van der Waals surface area contributed by atoms with E-state index in [2.05, 4.69) is 35.7 Å². The lowest BCUT2D eigenvalue weighted by Gasteiger charge is -2.08. The molecule has 2 heteroatoms. The summed E-state index contributed by atoms with van der Waals surface area (Å²) in [6, 6.07) is 22.4. The molecule has 80 valence electrons. The van der Waals surface area contributed by atoms with Crippen LogP contribution in [0.2, 0.25) is 0 Å². The molecule has 1 nitrogen and oxygen atoms in total. The molecular weight excluding hydrogens is 222 g/mol. The Bertz CT molecular complexity index is 534. The summed E-state index contributed by atoms with van der Waals surface area (Å²) in [4.78, 5) is 0. The van der Waals surface area contributed by atoms with Gasteiger partial charge in [0.2, 0.25) is 0 Å². The van der Waals surface area contributed by atoms with Crippen molar-refractivity contribution in [3.8, 4) is 17.5 Å². The van der Waals surface area contributed by atoms with Gasteiger partial charge in [-0.05, 0) is 10.4 Å². The summed E-state index contributed by atoms with van der Waals surface area (Å²) < 4.78 is 0. The maximum Gasteiger partial charge on any atom is 0.185 e. The summed E-state index contributed by atoms with van der Waals surface area (Å²) in [5, 5.41) is 11.1. The Labute approximate surface area is 103 Å². The Morgan fingerprint density at radius 1 is 0.765 bits per heavy atom. The van der Waals surface area contributed by atoms with Crippen molar-refractivity contribution in [2.45, 2.75) is 0 Å². The molecule has 0 aliphatic rings. The minimum Gasteiger partial charge on any atom is -0.183 e. The Morgan fingerprint density at radius 2 is 1.24 bits per heavy atom. The van der Waals surface area contributed by atoms with Crippen LogP contribution in [0.5, 0.6) is 0 Å². The SMILES string of the molecule is N#CC#C[SiH](c1ccccc1)c1ccccc1. The van der Waals surface area contributed by atoms with Gasteiger partial charge in [0.25, 0.3) is 0 Å². The summed E-state index contributed by atoms with van der Waals surface area (Å²) in [6.45, 7) is 0. The smallest absolute Gasteiger partial charge is 0.183 e. The first-order valence-electron chi connectivity index (χ1n) is 5.41. The van der Waals surface area contributed by atoms with Crippen LogP contribution in [-0.4, -0.2) is 8.80 Å². The molecule has 0 bridgehead atoms. The first kappa shape index (κ1) is 11.2. The average Bonchev–Trinajstić information content (AvgIpc) is 2.42. The molecule has 2 rings (SSSR count). The van der Waals surface area contributed by atoms with Gasteiger partial charge in [-0.3, -0.25) is 0 Å². The van der Waals surface area contributed by atoms with Crippen molar-refractivity contribution >= 4 is 19.2 Å². The Hall–Kier alpha value is -2.29. The van der Waals surface area contributed by atoms with Gasteiger partial charge >= 0.3 is 0 Å². The summed E-state index contributed by atoms with van der Waals surface area (Å²) in [5.41, 5.74) is 3.13. The van der Waals surface area contributed by atoms with Crippen LogP contribution in [-0.2, 0) is 0 Å². The first-order chi connectivity index (χ1) is 8.42. The molecular formula is C15H11NSi. The second-order valence-corrected chi connectivity index (χ2v) is 6.12. The summed E-state index contributed by atoms with van der Waals surface area (Å²) in [5.74, 6) is 2.56. The molecule has 0 aromatic heterocycles. The van der Waals surface area contributed by atoms with Crippen LogP contribution in [0.4, 0.5) is 0 Å². The molecule has 0 atom stereocenters. The highest BCUT2D eigenvalue weighted by Gasteiger charge is 2.12. The van der Waals surface area contributed by atoms with Crippen LogP contribution in [0.25, 0.3) is 0 Å². The molecule has 0 amide bonds. The van der Waals surface area contributed by atoms with Gasteiger partial charge in [0, 0.05) is 5.92 Å². The third kappa shape index (κ3) is 2.84. The monoisotopic (exact) mass is 233 g/mol. The molecule has 0 heterocycles. The van der Waals surface area contributed by atoms with E-state index < -0.39 is 8.80 Å². The van der Waals surface area contributed by atoms with Crippen LogP contribution < -0.4 is 10.4 Å². The minimum absolute atomic E-state index is 1.25. The molecule has 0 spiro atoms. The Balaban J connectivity index is 2.44. The molecule has 0 aliphatic carbocycles. The van der Waals surface area contributed by atoms with E-state index >= 15 is 0 Å². The molecule has 0 radical (unpaired) electrons. The zero-order valence-corrected chi connectivity index (χ0v) is 10.5. The fourth-order valence-electron chi connectivity index (χ4n) is 1.75. The largest absolute Gasteiger partial charge is 0.185 e. The quantitative estimate of drug-likeness (QED) is 0.563. The highest BCUT2D eigenvalue weighted by atomic mass is 28.3. The molecule has 0 fully saturated rings. The number of nitrogens with zero attached hydrogens (tertiary/aromatic N) is 1. The zero-order chi connectivity index (χ0) is 11.9. The predicted molar refractivity (Wildman–Crippen MR) is 72.7 cm³/mol. The lowest BCUT2D eigenvalue weighted by Crippen LogP contribution is -2.41. The van der Waals surface area contributed by atoms with Crippen LogP contribution in [0.3, 0.4) is 0 Å². The highest BCUT2D eigenvalue weighted by molar-refractivity contribution is 6.91. The van der Waals surface area contributed by atoms with Gasteiger partial charge < -0.3 is 0 Å². The van der Waals surface area contributed by atoms with Crippen molar-refractivity contribution in [1.82, 2.24) is 0 Å². The van der Waals surface area contributed by atoms with E-state index in [0.717, 1.165) is 0 Å². The standard InChI is InChI=1S/C15H11NSi/c16-12-7-13-17(14-8-3-1-4-9-14)15-10-5-2-6-11-15/h1-6,8-11,17H. The number of rotatable bonds is 2. The van der Waals surface area contributed by atoms with Crippen molar-refractivity contribution < 1.29 is 0 Å². The van der Waals surface area contributed by atoms with Gasteiger partial charge in [-0.1, -0.05) is 60.7 Å². The van der Waals surface area contributed by atoms with Gasteiger partial charge in [-0.25, -0.2) is 0 Å². The topological polar surface area (TPSA) is 23.8 Å². The third-order valence-electron chi connectivity index (χ3n) is 2.54. The second-order valence-electron chi connectivity index (χ2n) is 3.64. The normalized spacial score (nSPS) is 9.18. The lowest BCUT2D eigenvalue weighted by atomic mass is 10.4. The van der Waals surface area contributed by atoms with Crippen LogP contribution in [0, 0.1) is 22.8 Å². The number of hydrogen-bond donors (Lipinski definition) is 0. The Morgan fingerprint density at radius 3 is 1.65 bits per heavy atom. The first-order valence-corrected chi connectivity index (χ1v) is 7.14. The van der Waals surface area contributed by atoms with Gasteiger partial charge in [0.05, 0.1) is 0 Å². The van der Waals surface area contributed by atoms with Crippen molar-refractivity contribution in [2.24, 2.45) is 0 Å². The van der Waals surface area contributed by atoms with Gasteiger partial charge in [0.1, 0.15) is 0 Å². The number of hydrogen-bond acceptors (Lipinski definition) is 1. The number of nitriles is 1. The van der Waals surface area contributed by atoms with E-state index in [4.69, 9.17) is 5.26 Å². The van der Waals surface area contributed by atoms with E-state index in [1.165, 1.54) is 10.4 Å².